The first-order valence-corrected chi connectivity index (χ1v) is 11.5. The molecule has 31 heavy (non-hydrogen) atoms. The van der Waals surface area contributed by atoms with E-state index in [0.717, 1.165) is 25.9 Å². The van der Waals surface area contributed by atoms with E-state index in [2.05, 4.69) is 96.7 Å². The van der Waals surface area contributed by atoms with Crippen LogP contribution in [0.3, 0.4) is 0 Å². The molecule has 2 aromatic heterocycles. The van der Waals surface area contributed by atoms with Crippen molar-refractivity contribution in [1.29, 1.82) is 0 Å². The Morgan fingerprint density at radius 3 is 2.00 bits per heavy atom. The molecule has 0 radical (unpaired) electrons. The van der Waals surface area contributed by atoms with Crippen LogP contribution in [0.5, 0.6) is 0 Å². The van der Waals surface area contributed by atoms with Gasteiger partial charge in [-0.25, -0.2) is 0 Å². The normalized spacial score (nSPS) is 14.4. The maximum Gasteiger partial charge on any atom is 0.0548 e. The predicted molar refractivity (Wildman–Crippen MR) is 134 cm³/mol. The molecule has 0 spiro atoms. The molecule has 5 aromatic rings. The second kappa shape index (κ2) is 6.88. The van der Waals surface area contributed by atoms with Crippen LogP contribution in [0.2, 0.25) is 0 Å². The molecule has 0 amide bonds. The van der Waals surface area contributed by atoms with Gasteiger partial charge in [0.05, 0.1) is 11.0 Å². The van der Waals surface area contributed by atoms with E-state index in [4.69, 9.17) is 0 Å². The maximum atomic E-state index is 2.58. The van der Waals surface area contributed by atoms with Crippen LogP contribution in [-0.2, 0) is 13.1 Å². The van der Waals surface area contributed by atoms with Crippen molar-refractivity contribution >= 4 is 43.6 Å². The summed E-state index contributed by atoms with van der Waals surface area (Å²) in [5.74, 6) is 0. The van der Waals surface area contributed by atoms with Gasteiger partial charge in [0.15, 0.2) is 0 Å². The number of rotatable bonds is 3. The number of allylic oxidation sites excluding steroid dienone is 4. The highest BCUT2D eigenvalue weighted by molar-refractivity contribution is 6.22. The molecule has 0 saturated carbocycles. The predicted octanol–water partition coefficient (Wildman–Crippen LogP) is 7.82. The van der Waals surface area contributed by atoms with E-state index < -0.39 is 0 Å². The van der Waals surface area contributed by atoms with Crippen LogP contribution < -0.4 is 0 Å². The summed E-state index contributed by atoms with van der Waals surface area (Å²) >= 11 is 0. The standard InChI is InChI=1S/C29H28N2/c1-4-30-24-16-10-8-14-22(24)26-19(2)27-23-15-9-11-17-25(23)31(29(27)20(3)28(26)30)18-21-12-6-5-7-13-21/h5-6,8-12,14-17H,4,7,13,18H2,1-3H3. The molecule has 2 heterocycles. The largest absolute Gasteiger partial charge is 0.340 e. The van der Waals surface area contributed by atoms with Crippen LogP contribution in [0.25, 0.3) is 43.6 Å². The third kappa shape index (κ3) is 2.51. The van der Waals surface area contributed by atoms with Crippen molar-refractivity contribution in [3.63, 3.8) is 0 Å². The number of hydrogen-bond acceptors (Lipinski definition) is 0. The molecule has 0 aliphatic heterocycles. The van der Waals surface area contributed by atoms with E-state index in [9.17, 15) is 0 Å². The molecule has 6 rings (SSSR count). The van der Waals surface area contributed by atoms with E-state index >= 15 is 0 Å². The minimum Gasteiger partial charge on any atom is -0.340 e. The Bertz CT molecular complexity index is 1550. The van der Waals surface area contributed by atoms with Gasteiger partial charge in [-0.1, -0.05) is 60.2 Å². The van der Waals surface area contributed by atoms with Gasteiger partial charge >= 0.3 is 0 Å². The Balaban J connectivity index is 1.82. The molecule has 1 aliphatic carbocycles. The summed E-state index contributed by atoms with van der Waals surface area (Å²) < 4.78 is 5.09. The number of para-hydroxylation sites is 2. The fourth-order valence-corrected chi connectivity index (χ4v) is 5.86. The van der Waals surface area contributed by atoms with Gasteiger partial charge in [-0.3, -0.25) is 0 Å². The van der Waals surface area contributed by atoms with Gasteiger partial charge < -0.3 is 9.13 Å². The fourth-order valence-electron chi connectivity index (χ4n) is 5.86. The molecule has 154 valence electrons. The first-order valence-electron chi connectivity index (χ1n) is 11.5. The average molecular weight is 405 g/mol. The second-order valence-corrected chi connectivity index (χ2v) is 8.85. The zero-order chi connectivity index (χ0) is 21.1. The van der Waals surface area contributed by atoms with E-state index in [-0.39, 0.29) is 0 Å². The Labute approximate surface area is 183 Å². The Kier molecular flexibility index (Phi) is 4.11. The highest BCUT2D eigenvalue weighted by Crippen LogP contribution is 2.43. The minimum absolute atomic E-state index is 0.965. The smallest absolute Gasteiger partial charge is 0.0548 e. The maximum absolute atomic E-state index is 2.58. The van der Waals surface area contributed by atoms with Gasteiger partial charge in [-0.05, 0) is 56.9 Å². The zero-order valence-electron chi connectivity index (χ0n) is 18.6. The average Bonchev–Trinajstić information content (AvgIpc) is 3.32. The summed E-state index contributed by atoms with van der Waals surface area (Å²) in [4.78, 5) is 0. The Morgan fingerprint density at radius 1 is 0.774 bits per heavy atom. The summed E-state index contributed by atoms with van der Waals surface area (Å²) in [6.45, 7) is 8.87. The number of hydrogen-bond donors (Lipinski definition) is 0. The highest BCUT2D eigenvalue weighted by Gasteiger charge is 2.22. The molecule has 2 nitrogen and oxygen atoms in total. The Hall–Kier alpha value is -3.26. The first kappa shape index (κ1) is 18.5. The lowest BCUT2D eigenvalue weighted by Gasteiger charge is -2.16. The monoisotopic (exact) mass is 404 g/mol. The molecule has 0 saturated heterocycles. The molecular formula is C29H28N2. The van der Waals surface area contributed by atoms with Crippen LogP contribution >= 0.6 is 0 Å². The summed E-state index contributed by atoms with van der Waals surface area (Å²) in [6.07, 6.45) is 9.11. The van der Waals surface area contributed by atoms with Gasteiger partial charge in [0.1, 0.15) is 0 Å². The molecule has 1 aliphatic rings. The number of nitrogens with zero attached hydrogens (tertiary/aromatic N) is 2. The van der Waals surface area contributed by atoms with Crippen molar-refractivity contribution in [3.8, 4) is 0 Å². The van der Waals surface area contributed by atoms with E-state index in [1.807, 2.05) is 0 Å². The van der Waals surface area contributed by atoms with Crippen LogP contribution in [0.4, 0.5) is 0 Å². The van der Waals surface area contributed by atoms with E-state index in [1.54, 1.807) is 0 Å². The first-order chi connectivity index (χ1) is 15.2. The lowest BCUT2D eigenvalue weighted by atomic mass is 9.98. The summed E-state index contributed by atoms with van der Waals surface area (Å²) in [7, 11) is 0. The van der Waals surface area contributed by atoms with Crippen molar-refractivity contribution in [2.75, 3.05) is 0 Å². The SMILES string of the molecule is CCn1c2ccccc2c2c(C)c3c4ccccc4n(CC4=CC=CCC4)c3c(C)c21. The molecule has 0 unspecified atom stereocenters. The zero-order valence-corrected chi connectivity index (χ0v) is 18.6. The summed E-state index contributed by atoms with van der Waals surface area (Å²) in [5, 5.41) is 5.59. The van der Waals surface area contributed by atoms with Crippen molar-refractivity contribution in [2.45, 2.75) is 46.7 Å². The van der Waals surface area contributed by atoms with Crippen molar-refractivity contribution in [1.82, 2.24) is 9.13 Å². The third-order valence-electron chi connectivity index (χ3n) is 7.18. The molecule has 0 bridgehead atoms. The van der Waals surface area contributed by atoms with Crippen molar-refractivity contribution in [2.24, 2.45) is 0 Å². The molecule has 0 atom stereocenters. The fraction of sp³-hybridized carbons (Fsp3) is 0.241. The van der Waals surface area contributed by atoms with E-state index in [1.165, 1.54) is 60.3 Å². The quantitative estimate of drug-likeness (QED) is 0.290. The van der Waals surface area contributed by atoms with Crippen LogP contribution in [-0.4, -0.2) is 9.13 Å². The van der Waals surface area contributed by atoms with Gasteiger partial charge in [0, 0.05) is 45.7 Å². The molecule has 0 N–H and O–H groups in total. The number of benzene rings is 3. The van der Waals surface area contributed by atoms with Gasteiger partial charge in [0.25, 0.3) is 0 Å². The van der Waals surface area contributed by atoms with Crippen LogP contribution in [0.1, 0.15) is 30.9 Å². The third-order valence-corrected chi connectivity index (χ3v) is 7.18. The van der Waals surface area contributed by atoms with Gasteiger partial charge in [0.2, 0.25) is 0 Å². The molecule has 2 heteroatoms. The Morgan fingerprint density at radius 2 is 1.39 bits per heavy atom. The minimum atomic E-state index is 0.965. The molecule has 0 fully saturated rings. The molecule has 3 aromatic carbocycles. The van der Waals surface area contributed by atoms with Gasteiger partial charge in [-0.2, -0.15) is 0 Å². The van der Waals surface area contributed by atoms with E-state index in [0.29, 0.717) is 0 Å². The second-order valence-electron chi connectivity index (χ2n) is 8.85. The van der Waals surface area contributed by atoms with Crippen molar-refractivity contribution < 1.29 is 0 Å². The lowest BCUT2D eigenvalue weighted by Crippen LogP contribution is -2.04. The number of fused-ring (bicyclic) bond motifs is 6. The number of aryl methyl sites for hydroxylation is 3. The summed E-state index contributed by atoms with van der Waals surface area (Å²) in [5.41, 5.74) is 9.81. The number of aromatic nitrogens is 2. The highest BCUT2D eigenvalue weighted by atomic mass is 15.0. The van der Waals surface area contributed by atoms with Crippen LogP contribution in [0.15, 0.2) is 72.3 Å². The lowest BCUT2D eigenvalue weighted by molar-refractivity contribution is 0.780. The molecular weight excluding hydrogens is 376 g/mol. The topological polar surface area (TPSA) is 9.86 Å². The van der Waals surface area contributed by atoms with Crippen molar-refractivity contribution in [3.05, 3.63) is 83.5 Å². The van der Waals surface area contributed by atoms with Gasteiger partial charge in [-0.15, -0.1) is 0 Å². The summed E-state index contributed by atoms with van der Waals surface area (Å²) in [6, 6.07) is 17.9. The van der Waals surface area contributed by atoms with Crippen LogP contribution in [0, 0.1) is 13.8 Å².